The van der Waals surface area contributed by atoms with Crippen LogP contribution in [0.25, 0.3) is 0 Å². The molecule has 7 nitrogen and oxygen atoms in total. The summed E-state index contributed by atoms with van der Waals surface area (Å²) in [6, 6.07) is 0. The molecule has 1 aliphatic heterocycles. The third kappa shape index (κ3) is 2.81. The van der Waals surface area contributed by atoms with Gasteiger partial charge in [-0.1, -0.05) is 0 Å². The summed E-state index contributed by atoms with van der Waals surface area (Å²) < 4.78 is 29.3. The Labute approximate surface area is 136 Å². The van der Waals surface area contributed by atoms with Gasteiger partial charge in [0.05, 0.1) is 18.1 Å². The number of rotatable bonds is 4. The normalized spacial score (nSPS) is 20.0. The maximum atomic E-state index is 13.0. The van der Waals surface area contributed by atoms with Gasteiger partial charge in [-0.15, -0.1) is 0 Å². The Morgan fingerprint density at radius 2 is 2.13 bits per heavy atom. The van der Waals surface area contributed by atoms with E-state index in [0.717, 1.165) is 24.1 Å². The van der Waals surface area contributed by atoms with Gasteiger partial charge in [0.1, 0.15) is 4.90 Å². The highest BCUT2D eigenvalue weighted by Crippen LogP contribution is 2.31. The van der Waals surface area contributed by atoms with Gasteiger partial charge in [0.15, 0.2) is 0 Å². The molecule has 2 aromatic heterocycles. The Kier molecular flexibility index (Phi) is 4.29. The number of sulfonamides is 1. The van der Waals surface area contributed by atoms with E-state index < -0.39 is 10.0 Å². The molecule has 3 heterocycles. The average Bonchev–Trinajstić information content (AvgIpc) is 3.13. The van der Waals surface area contributed by atoms with Crippen LogP contribution in [0.1, 0.15) is 42.6 Å². The van der Waals surface area contributed by atoms with Crippen LogP contribution in [0.5, 0.6) is 0 Å². The topological polar surface area (TPSA) is 83.9 Å². The number of nitrogens with one attached hydrogen (secondary N) is 1. The van der Waals surface area contributed by atoms with Crippen LogP contribution in [-0.4, -0.2) is 45.8 Å². The number of hydrogen-bond acceptors (Lipinski definition) is 4. The van der Waals surface area contributed by atoms with Crippen LogP contribution in [0.15, 0.2) is 17.3 Å². The first-order valence-corrected chi connectivity index (χ1v) is 9.41. The maximum absolute atomic E-state index is 13.0. The van der Waals surface area contributed by atoms with E-state index in [4.69, 9.17) is 0 Å². The molecule has 126 valence electrons. The molecule has 0 radical (unpaired) electrons. The smallest absolute Gasteiger partial charge is 0.246 e. The first-order valence-electron chi connectivity index (χ1n) is 7.97. The minimum Gasteiger partial charge on any atom is -0.282 e. The van der Waals surface area contributed by atoms with Gasteiger partial charge >= 0.3 is 0 Å². The summed E-state index contributed by atoms with van der Waals surface area (Å²) in [5.41, 5.74) is 2.84. The van der Waals surface area contributed by atoms with Crippen LogP contribution in [0.4, 0.5) is 0 Å². The molecule has 1 aliphatic rings. The summed E-state index contributed by atoms with van der Waals surface area (Å²) in [5.74, 6) is 0.169. The fraction of sp³-hybridized carbons (Fsp3) is 0.600. The lowest BCUT2D eigenvalue weighted by atomic mass is 9.94. The van der Waals surface area contributed by atoms with Crippen LogP contribution < -0.4 is 0 Å². The lowest BCUT2D eigenvalue weighted by molar-refractivity contribution is 0.312. The lowest BCUT2D eigenvalue weighted by Crippen LogP contribution is -2.39. The van der Waals surface area contributed by atoms with Gasteiger partial charge in [0, 0.05) is 31.2 Å². The van der Waals surface area contributed by atoms with Crippen molar-refractivity contribution in [2.24, 2.45) is 0 Å². The summed E-state index contributed by atoms with van der Waals surface area (Å²) in [7, 11) is -3.50. The van der Waals surface area contributed by atoms with Gasteiger partial charge in [-0.3, -0.25) is 9.78 Å². The van der Waals surface area contributed by atoms with Crippen molar-refractivity contribution in [1.82, 2.24) is 24.3 Å². The molecule has 0 bridgehead atoms. The van der Waals surface area contributed by atoms with E-state index in [-0.39, 0.29) is 5.92 Å². The van der Waals surface area contributed by atoms with E-state index in [1.54, 1.807) is 15.2 Å². The number of aryl methyl sites for hydroxylation is 2. The van der Waals surface area contributed by atoms with Gasteiger partial charge in [-0.05, 0) is 39.2 Å². The van der Waals surface area contributed by atoms with Crippen LogP contribution >= 0.6 is 0 Å². The third-order valence-corrected chi connectivity index (χ3v) is 6.60. The Hall–Kier alpha value is -1.67. The molecule has 23 heavy (non-hydrogen) atoms. The van der Waals surface area contributed by atoms with E-state index in [0.29, 0.717) is 30.2 Å². The Morgan fingerprint density at radius 3 is 2.74 bits per heavy atom. The summed E-state index contributed by atoms with van der Waals surface area (Å²) in [6.45, 7) is 7.47. The Morgan fingerprint density at radius 1 is 1.35 bits per heavy atom. The number of piperidine rings is 1. The van der Waals surface area contributed by atoms with Crippen LogP contribution in [-0.2, 0) is 16.6 Å². The van der Waals surface area contributed by atoms with E-state index in [1.165, 1.54) is 6.20 Å². The first-order chi connectivity index (χ1) is 10.9. The number of nitrogens with zero attached hydrogens (tertiary/aromatic N) is 4. The third-order valence-electron chi connectivity index (χ3n) is 4.64. The maximum Gasteiger partial charge on any atom is 0.246 e. The molecule has 1 saturated heterocycles. The second-order valence-corrected chi connectivity index (χ2v) is 7.99. The highest BCUT2D eigenvalue weighted by molar-refractivity contribution is 7.89. The van der Waals surface area contributed by atoms with Crippen LogP contribution in [0.2, 0.25) is 0 Å². The molecule has 0 saturated carbocycles. The van der Waals surface area contributed by atoms with Crippen molar-refractivity contribution < 1.29 is 8.42 Å². The molecule has 8 heteroatoms. The molecule has 0 aromatic carbocycles. The molecular formula is C15H23N5O2S. The van der Waals surface area contributed by atoms with Gasteiger partial charge in [-0.2, -0.15) is 14.5 Å². The van der Waals surface area contributed by atoms with Crippen LogP contribution in [0, 0.1) is 13.8 Å². The predicted molar refractivity (Wildman–Crippen MR) is 86.7 cm³/mol. The van der Waals surface area contributed by atoms with Crippen molar-refractivity contribution in [2.45, 2.75) is 51.0 Å². The van der Waals surface area contributed by atoms with Crippen LogP contribution in [0.3, 0.4) is 0 Å². The molecule has 1 fully saturated rings. The minimum absolute atomic E-state index is 0.169. The van der Waals surface area contributed by atoms with E-state index in [9.17, 15) is 8.42 Å². The summed E-state index contributed by atoms with van der Waals surface area (Å²) >= 11 is 0. The lowest BCUT2D eigenvalue weighted by Gasteiger charge is -2.31. The van der Waals surface area contributed by atoms with Gasteiger partial charge in [0.2, 0.25) is 10.0 Å². The van der Waals surface area contributed by atoms with Crippen molar-refractivity contribution in [1.29, 1.82) is 0 Å². The van der Waals surface area contributed by atoms with Crippen molar-refractivity contribution in [3.63, 3.8) is 0 Å². The fourth-order valence-corrected chi connectivity index (χ4v) is 4.99. The quantitative estimate of drug-likeness (QED) is 0.922. The minimum atomic E-state index is -3.50. The zero-order chi connectivity index (χ0) is 16.6. The highest BCUT2D eigenvalue weighted by atomic mass is 32.2. The second-order valence-electron chi connectivity index (χ2n) is 6.08. The summed E-state index contributed by atoms with van der Waals surface area (Å²) in [4.78, 5) is 0.321. The van der Waals surface area contributed by atoms with E-state index >= 15 is 0 Å². The molecule has 0 unspecified atom stereocenters. The van der Waals surface area contributed by atoms with Crippen molar-refractivity contribution in [2.75, 3.05) is 13.1 Å². The van der Waals surface area contributed by atoms with E-state index in [1.807, 2.05) is 20.8 Å². The molecule has 1 atom stereocenters. The zero-order valence-corrected chi connectivity index (χ0v) is 14.6. The fourth-order valence-electron chi connectivity index (χ4n) is 3.31. The molecule has 1 N–H and O–H groups in total. The van der Waals surface area contributed by atoms with E-state index in [2.05, 4.69) is 15.3 Å². The summed E-state index contributed by atoms with van der Waals surface area (Å²) in [5, 5.41) is 11.3. The number of aromatic amines is 1. The van der Waals surface area contributed by atoms with Crippen molar-refractivity contribution >= 4 is 10.0 Å². The molecule has 2 aromatic rings. The number of H-pyrrole nitrogens is 1. The SMILES string of the molecule is CCn1ncc(S(=O)(=O)N2CCC[C@@H](c3[nH]ncc3C)C2)c1C. The van der Waals surface area contributed by atoms with Crippen molar-refractivity contribution in [3.05, 3.63) is 29.3 Å². The van der Waals surface area contributed by atoms with Crippen molar-refractivity contribution in [3.8, 4) is 0 Å². The molecule has 3 rings (SSSR count). The standard InChI is InChI=1S/C15H23N5O2S/c1-4-20-12(3)14(9-17-20)23(21,22)19-7-5-6-13(10-19)15-11(2)8-16-18-15/h8-9,13H,4-7,10H2,1-3H3,(H,16,18)/t13-/m1/s1. The molecular weight excluding hydrogens is 314 g/mol. The molecule has 0 amide bonds. The first kappa shape index (κ1) is 16.2. The molecule has 0 aliphatic carbocycles. The monoisotopic (exact) mass is 337 g/mol. The largest absolute Gasteiger partial charge is 0.282 e. The Balaban J connectivity index is 1.88. The number of hydrogen-bond donors (Lipinski definition) is 1. The number of aromatic nitrogens is 4. The van der Waals surface area contributed by atoms with Gasteiger partial charge in [-0.25, -0.2) is 8.42 Å². The summed E-state index contributed by atoms with van der Waals surface area (Å²) in [6.07, 6.45) is 5.09. The second kappa shape index (κ2) is 6.09. The predicted octanol–water partition coefficient (Wildman–Crippen LogP) is 1.81. The average molecular weight is 337 g/mol. The Bertz CT molecular complexity index is 793. The highest BCUT2D eigenvalue weighted by Gasteiger charge is 2.33. The zero-order valence-electron chi connectivity index (χ0n) is 13.8. The van der Waals surface area contributed by atoms with Gasteiger partial charge < -0.3 is 0 Å². The van der Waals surface area contributed by atoms with Gasteiger partial charge in [0.25, 0.3) is 0 Å². The molecule has 0 spiro atoms.